The van der Waals surface area contributed by atoms with E-state index < -0.39 is 28.3 Å². The van der Waals surface area contributed by atoms with Crippen molar-refractivity contribution in [3.05, 3.63) is 37.7 Å². The summed E-state index contributed by atoms with van der Waals surface area (Å²) in [5.74, 6) is -0.699. The van der Waals surface area contributed by atoms with Gasteiger partial charge in [0.15, 0.2) is 0 Å². The third kappa shape index (κ3) is 2.38. The highest BCUT2D eigenvalue weighted by molar-refractivity contribution is 9.08. The molecule has 1 N–H and O–H groups in total. The maximum atomic E-state index is 12.4. The Morgan fingerprint density at radius 1 is 1.60 bits per heavy atom. The second-order valence-corrected chi connectivity index (χ2v) is 3.17. The molecule has 1 aromatic rings. The molecule has 1 heterocycles. The Morgan fingerprint density at radius 3 is 2.60 bits per heavy atom. The standard InChI is InChI=1S/C7H5BrF2N2O3/c8-2-4-3(6(9)10)1-5(13)11-7(4)12(14)15/h1,6H,2H2,(H,11,13). The van der Waals surface area contributed by atoms with Crippen LogP contribution in [-0.2, 0) is 5.33 Å². The Morgan fingerprint density at radius 2 is 2.20 bits per heavy atom. The molecule has 0 saturated carbocycles. The van der Waals surface area contributed by atoms with Crippen LogP contribution in [-0.4, -0.2) is 9.91 Å². The molecule has 0 unspecified atom stereocenters. The second-order valence-electron chi connectivity index (χ2n) is 2.61. The Bertz CT molecular complexity index is 446. The first-order chi connectivity index (χ1) is 6.97. The summed E-state index contributed by atoms with van der Waals surface area (Å²) < 4.78 is 24.9. The SMILES string of the molecule is O=c1cc(C(F)F)c(CBr)c([N+](=O)[O-])[nH]1. The highest BCUT2D eigenvalue weighted by Gasteiger charge is 2.23. The maximum absolute atomic E-state index is 12.4. The van der Waals surface area contributed by atoms with Gasteiger partial charge in [-0.3, -0.25) is 0 Å². The van der Waals surface area contributed by atoms with Crippen molar-refractivity contribution in [2.75, 3.05) is 0 Å². The fraction of sp³-hybridized carbons (Fsp3) is 0.286. The van der Waals surface area contributed by atoms with Crippen LogP contribution in [0.4, 0.5) is 14.6 Å². The molecule has 0 aliphatic rings. The number of halogens is 3. The molecule has 0 spiro atoms. The molecule has 0 aromatic carbocycles. The quantitative estimate of drug-likeness (QED) is 0.524. The number of hydrogen-bond donors (Lipinski definition) is 1. The van der Waals surface area contributed by atoms with Gasteiger partial charge in [-0.2, -0.15) is 0 Å². The number of aromatic nitrogens is 1. The molecule has 0 bridgehead atoms. The molecule has 0 saturated heterocycles. The minimum Gasteiger partial charge on any atom is -0.358 e. The number of alkyl halides is 3. The van der Waals surface area contributed by atoms with Crippen molar-refractivity contribution in [2.45, 2.75) is 11.8 Å². The average molecular weight is 283 g/mol. The first kappa shape index (κ1) is 11.8. The van der Waals surface area contributed by atoms with Crippen LogP contribution in [0.2, 0.25) is 0 Å². The van der Waals surface area contributed by atoms with Crippen LogP contribution < -0.4 is 5.56 Å². The summed E-state index contributed by atoms with van der Waals surface area (Å²) in [6.45, 7) is 0. The van der Waals surface area contributed by atoms with Gasteiger partial charge < -0.3 is 10.1 Å². The number of aromatic amines is 1. The highest BCUT2D eigenvalue weighted by Crippen LogP contribution is 2.28. The van der Waals surface area contributed by atoms with Crippen molar-refractivity contribution in [1.29, 1.82) is 0 Å². The largest absolute Gasteiger partial charge is 0.358 e. The molecule has 8 heteroatoms. The fourth-order valence-electron chi connectivity index (χ4n) is 1.08. The van der Waals surface area contributed by atoms with Crippen molar-refractivity contribution in [3.63, 3.8) is 0 Å². The van der Waals surface area contributed by atoms with Gasteiger partial charge in [0.05, 0.1) is 5.56 Å². The van der Waals surface area contributed by atoms with Crippen LogP contribution in [0.5, 0.6) is 0 Å². The predicted octanol–water partition coefficient (Wildman–Crippen LogP) is 2.12. The lowest BCUT2D eigenvalue weighted by Crippen LogP contribution is -2.13. The molecule has 1 rings (SSSR count). The Kier molecular flexibility index (Phi) is 3.51. The summed E-state index contributed by atoms with van der Waals surface area (Å²) in [6.07, 6.45) is -2.92. The predicted molar refractivity (Wildman–Crippen MR) is 51.3 cm³/mol. The zero-order chi connectivity index (χ0) is 11.6. The van der Waals surface area contributed by atoms with E-state index in [4.69, 9.17) is 0 Å². The summed E-state index contributed by atoms with van der Waals surface area (Å²) in [7, 11) is 0. The van der Waals surface area contributed by atoms with Crippen LogP contribution in [0.3, 0.4) is 0 Å². The van der Waals surface area contributed by atoms with E-state index in [-0.39, 0.29) is 10.9 Å². The van der Waals surface area contributed by atoms with E-state index in [2.05, 4.69) is 15.9 Å². The van der Waals surface area contributed by atoms with Gasteiger partial charge in [-0.25, -0.2) is 18.6 Å². The van der Waals surface area contributed by atoms with Crippen molar-refractivity contribution in [1.82, 2.24) is 4.98 Å². The number of pyridine rings is 1. The van der Waals surface area contributed by atoms with E-state index in [9.17, 15) is 23.7 Å². The number of H-pyrrole nitrogens is 1. The number of nitrogens with one attached hydrogen (secondary N) is 1. The van der Waals surface area contributed by atoms with Crippen LogP contribution >= 0.6 is 15.9 Å². The molecule has 0 atom stereocenters. The lowest BCUT2D eigenvalue weighted by Gasteiger charge is -2.06. The summed E-state index contributed by atoms with van der Waals surface area (Å²) in [6, 6.07) is 0.661. The van der Waals surface area contributed by atoms with Gasteiger partial charge in [0, 0.05) is 17.0 Å². The van der Waals surface area contributed by atoms with Crippen LogP contribution in [0.25, 0.3) is 0 Å². The first-order valence-corrected chi connectivity index (χ1v) is 4.84. The molecule has 0 aliphatic heterocycles. The van der Waals surface area contributed by atoms with Gasteiger partial charge in [-0.1, -0.05) is 15.9 Å². The highest BCUT2D eigenvalue weighted by atomic mass is 79.9. The number of nitrogens with zero attached hydrogens (tertiary/aromatic N) is 1. The molecule has 15 heavy (non-hydrogen) atoms. The fourth-order valence-corrected chi connectivity index (χ4v) is 1.67. The van der Waals surface area contributed by atoms with E-state index in [0.29, 0.717) is 6.07 Å². The van der Waals surface area contributed by atoms with Gasteiger partial charge >= 0.3 is 11.4 Å². The van der Waals surface area contributed by atoms with E-state index in [0.717, 1.165) is 0 Å². The molecular formula is C7H5BrF2N2O3. The van der Waals surface area contributed by atoms with Crippen molar-refractivity contribution in [2.24, 2.45) is 0 Å². The minimum absolute atomic E-state index is 0.125. The maximum Gasteiger partial charge on any atom is 0.332 e. The Hall–Kier alpha value is -1.31. The monoisotopic (exact) mass is 282 g/mol. The molecular weight excluding hydrogens is 278 g/mol. The zero-order valence-corrected chi connectivity index (χ0v) is 8.75. The topological polar surface area (TPSA) is 76.0 Å². The molecule has 0 aliphatic carbocycles. The van der Waals surface area contributed by atoms with Crippen LogP contribution in [0.1, 0.15) is 17.6 Å². The van der Waals surface area contributed by atoms with Crippen molar-refractivity contribution < 1.29 is 13.7 Å². The average Bonchev–Trinajstić information content (AvgIpc) is 2.16. The van der Waals surface area contributed by atoms with Gasteiger partial charge in [0.1, 0.15) is 0 Å². The molecule has 0 radical (unpaired) electrons. The Balaban J connectivity index is 3.52. The summed E-state index contributed by atoms with van der Waals surface area (Å²) in [5.41, 5.74) is -1.75. The van der Waals surface area contributed by atoms with E-state index in [1.165, 1.54) is 0 Å². The van der Waals surface area contributed by atoms with Crippen molar-refractivity contribution in [3.8, 4) is 0 Å². The van der Waals surface area contributed by atoms with Gasteiger partial charge in [0.2, 0.25) is 0 Å². The lowest BCUT2D eigenvalue weighted by atomic mass is 10.1. The van der Waals surface area contributed by atoms with Crippen LogP contribution in [0, 0.1) is 10.1 Å². The number of nitro groups is 1. The summed E-state index contributed by atoms with van der Waals surface area (Å²) >= 11 is 2.86. The third-order valence-corrected chi connectivity index (χ3v) is 2.27. The van der Waals surface area contributed by atoms with E-state index in [1.807, 2.05) is 4.98 Å². The van der Waals surface area contributed by atoms with Crippen molar-refractivity contribution >= 4 is 21.7 Å². The van der Waals surface area contributed by atoms with E-state index >= 15 is 0 Å². The van der Waals surface area contributed by atoms with Crippen LogP contribution in [0.15, 0.2) is 10.9 Å². The summed E-state index contributed by atoms with van der Waals surface area (Å²) in [5, 5.41) is 10.4. The summed E-state index contributed by atoms with van der Waals surface area (Å²) in [4.78, 5) is 22.4. The van der Waals surface area contributed by atoms with Gasteiger partial charge in [-0.15, -0.1) is 0 Å². The normalized spacial score (nSPS) is 10.7. The molecule has 0 fully saturated rings. The molecule has 82 valence electrons. The zero-order valence-electron chi connectivity index (χ0n) is 7.17. The third-order valence-electron chi connectivity index (χ3n) is 1.71. The second kappa shape index (κ2) is 4.47. The smallest absolute Gasteiger partial charge is 0.332 e. The number of rotatable bonds is 3. The first-order valence-electron chi connectivity index (χ1n) is 3.72. The minimum atomic E-state index is -2.92. The van der Waals surface area contributed by atoms with Gasteiger partial charge in [-0.05, 0) is 4.92 Å². The lowest BCUT2D eigenvalue weighted by molar-refractivity contribution is -0.390. The molecule has 5 nitrogen and oxygen atoms in total. The number of hydrogen-bond acceptors (Lipinski definition) is 3. The molecule has 0 amide bonds. The van der Waals surface area contributed by atoms with Gasteiger partial charge in [0.25, 0.3) is 6.43 Å². The molecule has 1 aromatic heterocycles. The van der Waals surface area contributed by atoms with E-state index in [1.54, 1.807) is 0 Å². The Labute approximate surface area is 90.4 Å².